The predicted octanol–water partition coefficient (Wildman–Crippen LogP) is 0.943. The molecule has 2 heterocycles. The summed E-state index contributed by atoms with van der Waals surface area (Å²) in [5, 5.41) is 3.46. The summed E-state index contributed by atoms with van der Waals surface area (Å²) in [5.74, 6) is 1.02. The quantitative estimate of drug-likeness (QED) is 0.483. The van der Waals surface area contributed by atoms with E-state index in [1.54, 1.807) is 7.11 Å². The van der Waals surface area contributed by atoms with Crippen LogP contribution in [0, 0.1) is 0 Å². The van der Waals surface area contributed by atoms with Crippen LogP contribution >= 0.6 is 0 Å². The molecule has 26 heavy (non-hydrogen) atoms. The van der Waals surface area contributed by atoms with Crippen LogP contribution in [0.5, 0.6) is 0 Å². The van der Waals surface area contributed by atoms with E-state index in [-0.39, 0.29) is 12.2 Å². The summed E-state index contributed by atoms with van der Waals surface area (Å²) in [5.41, 5.74) is 0. The summed E-state index contributed by atoms with van der Waals surface area (Å²) < 4.78 is 17.1. The minimum Gasteiger partial charge on any atom is -0.383 e. The SMILES string of the molecule is CCNC(=NCCN(CCOC)C1CC1)N1CCOC(C2CCCO2)C1. The molecule has 1 aliphatic carbocycles. The standard InChI is InChI=1S/C19H36N4O3/c1-3-20-19(21-8-9-22(10-13-24-2)16-6-7-16)23-11-14-26-18(15-23)17-5-4-12-25-17/h16-18H,3-15H2,1-2H3,(H,20,21). The number of hydrogen-bond donors (Lipinski definition) is 1. The predicted molar refractivity (Wildman–Crippen MR) is 103 cm³/mol. The number of morpholine rings is 1. The minimum atomic E-state index is 0.166. The maximum atomic E-state index is 5.98. The highest BCUT2D eigenvalue weighted by molar-refractivity contribution is 5.80. The smallest absolute Gasteiger partial charge is 0.194 e. The first-order chi connectivity index (χ1) is 12.8. The highest BCUT2D eigenvalue weighted by Crippen LogP contribution is 2.26. The average Bonchev–Trinajstić information content (AvgIpc) is 3.36. The van der Waals surface area contributed by atoms with Gasteiger partial charge in [-0.25, -0.2) is 0 Å². The lowest BCUT2D eigenvalue weighted by atomic mass is 10.1. The number of nitrogens with zero attached hydrogens (tertiary/aromatic N) is 3. The van der Waals surface area contributed by atoms with Crippen LogP contribution in [0.25, 0.3) is 0 Å². The van der Waals surface area contributed by atoms with Crippen LogP contribution in [-0.2, 0) is 14.2 Å². The molecular formula is C19H36N4O3. The van der Waals surface area contributed by atoms with E-state index in [9.17, 15) is 0 Å². The van der Waals surface area contributed by atoms with Crippen molar-refractivity contribution in [2.45, 2.75) is 50.9 Å². The van der Waals surface area contributed by atoms with Crippen molar-refractivity contribution in [3.63, 3.8) is 0 Å². The number of aliphatic imine (C=N–C) groups is 1. The fourth-order valence-corrected chi connectivity index (χ4v) is 3.82. The van der Waals surface area contributed by atoms with Crippen molar-refractivity contribution in [2.24, 2.45) is 4.99 Å². The number of methoxy groups -OCH3 is 1. The lowest BCUT2D eigenvalue weighted by Crippen LogP contribution is -2.53. The molecule has 0 amide bonds. The molecule has 150 valence electrons. The van der Waals surface area contributed by atoms with Gasteiger partial charge in [0, 0.05) is 52.5 Å². The van der Waals surface area contributed by atoms with Gasteiger partial charge in [-0.1, -0.05) is 0 Å². The van der Waals surface area contributed by atoms with Gasteiger partial charge in [0.25, 0.3) is 0 Å². The second kappa shape index (κ2) is 10.4. The third-order valence-corrected chi connectivity index (χ3v) is 5.40. The topological polar surface area (TPSA) is 58.6 Å². The Morgan fingerprint density at radius 2 is 2.04 bits per heavy atom. The number of rotatable bonds is 9. The zero-order valence-corrected chi connectivity index (χ0v) is 16.5. The Bertz CT molecular complexity index is 439. The Labute approximate surface area is 158 Å². The van der Waals surface area contributed by atoms with E-state index in [0.717, 1.165) is 83.9 Å². The molecule has 0 aromatic rings. The molecule has 2 unspecified atom stereocenters. The molecule has 2 saturated heterocycles. The van der Waals surface area contributed by atoms with Gasteiger partial charge in [-0.2, -0.15) is 0 Å². The van der Waals surface area contributed by atoms with Crippen molar-refractivity contribution < 1.29 is 14.2 Å². The van der Waals surface area contributed by atoms with Gasteiger partial charge in [-0.3, -0.25) is 9.89 Å². The molecule has 0 radical (unpaired) electrons. The third-order valence-electron chi connectivity index (χ3n) is 5.40. The van der Waals surface area contributed by atoms with Crippen molar-refractivity contribution in [3.8, 4) is 0 Å². The highest BCUT2D eigenvalue weighted by Gasteiger charge is 2.32. The lowest BCUT2D eigenvalue weighted by Gasteiger charge is -2.37. The summed E-state index contributed by atoms with van der Waals surface area (Å²) >= 11 is 0. The Morgan fingerprint density at radius 3 is 2.73 bits per heavy atom. The molecule has 1 saturated carbocycles. The second-order valence-corrected chi connectivity index (χ2v) is 7.40. The summed E-state index contributed by atoms with van der Waals surface area (Å²) in [4.78, 5) is 9.77. The van der Waals surface area contributed by atoms with Crippen molar-refractivity contribution in [2.75, 3.05) is 66.2 Å². The molecule has 2 atom stereocenters. The first-order valence-corrected chi connectivity index (χ1v) is 10.3. The molecular weight excluding hydrogens is 332 g/mol. The van der Waals surface area contributed by atoms with E-state index < -0.39 is 0 Å². The monoisotopic (exact) mass is 368 g/mol. The zero-order chi connectivity index (χ0) is 18.2. The van der Waals surface area contributed by atoms with Gasteiger partial charge < -0.3 is 24.4 Å². The summed E-state index contributed by atoms with van der Waals surface area (Å²) in [6, 6.07) is 0.746. The lowest BCUT2D eigenvalue weighted by molar-refractivity contribution is -0.0817. The van der Waals surface area contributed by atoms with Crippen molar-refractivity contribution in [3.05, 3.63) is 0 Å². The molecule has 3 aliphatic rings. The van der Waals surface area contributed by atoms with E-state index in [0.29, 0.717) is 0 Å². The van der Waals surface area contributed by atoms with Gasteiger partial charge in [0.1, 0.15) is 6.10 Å². The van der Waals surface area contributed by atoms with Crippen LogP contribution in [0.15, 0.2) is 4.99 Å². The molecule has 0 aromatic heterocycles. The normalized spacial score (nSPS) is 27.3. The summed E-state index contributed by atoms with van der Waals surface area (Å²) in [6.45, 7) is 10.0. The first-order valence-electron chi connectivity index (χ1n) is 10.3. The summed E-state index contributed by atoms with van der Waals surface area (Å²) in [7, 11) is 1.77. The van der Waals surface area contributed by atoms with Crippen LogP contribution < -0.4 is 5.32 Å². The molecule has 3 rings (SSSR count). The molecule has 0 bridgehead atoms. The molecule has 2 aliphatic heterocycles. The highest BCUT2D eigenvalue weighted by atomic mass is 16.5. The van der Waals surface area contributed by atoms with E-state index in [1.165, 1.54) is 12.8 Å². The number of nitrogens with one attached hydrogen (secondary N) is 1. The Balaban J connectivity index is 1.52. The van der Waals surface area contributed by atoms with Gasteiger partial charge >= 0.3 is 0 Å². The van der Waals surface area contributed by atoms with Crippen molar-refractivity contribution in [1.82, 2.24) is 15.1 Å². The Morgan fingerprint density at radius 1 is 1.19 bits per heavy atom. The fourth-order valence-electron chi connectivity index (χ4n) is 3.82. The number of hydrogen-bond acceptors (Lipinski definition) is 5. The number of guanidine groups is 1. The minimum absolute atomic E-state index is 0.166. The first kappa shape index (κ1) is 19.9. The Hall–Kier alpha value is -0.890. The van der Waals surface area contributed by atoms with Crippen LogP contribution in [-0.4, -0.2) is 100 Å². The summed E-state index contributed by atoms with van der Waals surface area (Å²) in [6.07, 6.45) is 5.32. The maximum absolute atomic E-state index is 5.98. The van der Waals surface area contributed by atoms with E-state index in [1.807, 2.05) is 0 Å². The number of ether oxygens (including phenoxy) is 3. The van der Waals surface area contributed by atoms with Gasteiger partial charge in [-0.05, 0) is 32.6 Å². The second-order valence-electron chi connectivity index (χ2n) is 7.40. The maximum Gasteiger partial charge on any atom is 0.194 e. The van der Waals surface area contributed by atoms with Gasteiger partial charge in [-0.15, -0.1) is 0 Å². The largest absolute Gasteiger partial charge is 0.383 e. The van der Waals surface area contributed by atoms with Gasteiger partial charge in [0.2, 0.25) is 0 Å². The Kier molecular flexibility index (Phi) is 7.98. The van der Waals surface area contributed by atoms with Crippen LogP contribution in [0.2, 0.25) is 0 Å². The fraction of sp³-hybridized carbons (Fsp3) is 0.947. The molecule has 0 aromatic carbocycles. The van der Waals surface area contributed by atoms with Gasteiger partial charge in [0.05, 0.1) is 25.9 Å². The van der Waals surface area contributed by atoms with E-state index in [2.05, 4.69) is 22.0 Å². The van der Waals surface area contributed by atoms with E-state index >= 15 is 0 Å². The third kappa shape index (κ3) is 5.81. The van der Waals surface area contributed by atoms with Gasteiger partial charge in [0.15, 0.2) is 5.96 Å². The van der Waals surface area contributed by atoms with Crippen LogP contribution in [0.1, 0.15) is 32.6 Å². The van der Waals surface area contributed by atoms with Crippen LogP contribution in [0.3, 0.4) is 0 Å². The molecule has 7 nitrogen and oxygen atoms in total. The van der Waals surface area contributed by atoms with E-state index in [4.69, 9.17) is 19.2 Å². The molecule has 7 heteroatoms. The van der Waals surface area contributed by atoms with Crippen molar-refractivity contribution >= 4 is 5.96 Å². The van der Waals surface area contributed by atoms with Crippen LogP contribution in [0.4, 0.5) is 0 Å². The molecule has 3 fully saturated rings. The molecule has 0 spiro atoms. The zero-order valence-electron chi connectivity index (χ0n) is 16.5. The molecule has 1 N–H and O–H groups in total. The van der Waals surface area contributed by atoms with Crippen molar-refractivity contribution in [1.29, 1.82) is 0 Å². The average molecular weight is 369 g/mol.